The van der Waals surface area contributed by atoms with Gasteiger partial charge in [0.15, 0.2) is 0 Å². The summed E-state index contributed by atoms with van der Waals surface area (Å²) in [5.74, 6) is 3.05. The highest BCUT2D eigenvalue weighted by Gasteiger charge is 2.42. The molecule has 3 heteroatoms. The van der Waals surface area contributed by atoms with Crippen LogP contribution in [0.15, 0.2) is 0 Å². The molecule has 3 nitrogen and oxygen atoms in total. The largest absolute Gasteiger partial charge is 0.339 e. The van der Waals surface area contributed by atoms with E-state index in [2.05, 4.69) is 9.80 Å². The van der Waals surface area contributed by atoms with Crippen LogP contribution in [-0.2, 0) is 4.79 Å². The van der Waals surface area contributed by atoms with Crippen molar-refractivity contribution < 1.29 is 4.79 Å². The van der Waals surface area contributed by atoms with Crippen LogP contribution >= 0.6 is 0 Å². The minimum Gasteiger partial charge on any atom is -0.339 e. The van der Waals surface area contributed by atoms with Crippen molar-refractivity contribution in [3.8, 4) is 0 Å². The summed E-state index contributed by atoms with van der Waals surface area (Å²) in [7, 11) is 0. The van der Waals surface area contributed by atoms with Crippen molar-refractivity contribution >= 4 is 5.91 Å². The van der Waals surface area contributed by atoms with Gasteiger partial charge in [0.2, 0.25) is 5.91 Å². The molecule has 0 aromatic carbocycles. The Kier molecular flexibility index (Phi) is 3.06. The first-order chi connectivity index (χ1) is 9.29. The zero-order valence-electron chi connectivity index (χ0n) is 11.9. The predicted molar refractivity (Wildman–Crippen MR) is 74.7 cm³/mol. The number of hydrogen-bond acceptors (Lipinski definition) is 2. The van der Waals surface area contributed by atoms with Gasteiger partial charge in [0.25, 0.3) is 0 Å². The van der Waals surface area contributed by atoms with Crippen molar-refractivity contribution in [1.29, 1.82) is 0 Å². The molecule has 1 amide bonds. The summed E-state index contributed by atoms with van der Waals surface area (Å²) in [4.78, 5) is 17.0. The van der Waals surface area contributed by atoms with Gasteiger partial charge in [-0.3, -0.25) is 9.69 Å². The van der Waals surface area contributed by atoms with E-state index in [1.807, 2.05) is 0 Å². The Morgan fingerprint density at radius 1 is 1.05 bits per heavy atom. The third kappa shape index (κ3) is 2.20. The molecule has 0 N–H and O–H groups in total. The summed E-state index contributed by atoms with van der Waals surface area (Å²) in [5.41, 5.74) is 0. The lowest BCUT2D eigenvalue weighted by Crippen LogP contribution is -2.60. The molecule has 4 rings (SSSR count). The van der Waals surface area contributed by atoms with Gasteiger partial charge < -0.3 is 4.90 Å². The molecule has 4 fully saturated rings. The van der Waals surface area contributed by atoms with E-state index in [-0.39, 0.29) is 0 Å². The summed E-state index contributed by atoms with van der Waals surface area (Å²) in [6, 6.07) is 0.687. The minimum atomic E-state index is 0.452. The van der Waals surface area contributed by atoms with Gasteiger partial charge in [-0.15, -0.1) is 0 Å². The fourth-order valence-electron chi connectivity index (χ4n) is 4.98. The molecule has 0 aromatic heterocycles. The standard InChI is InChI=1S/C16H26N2O/c19-16(9-14-8-12-3-4-13(14)7-12)18-10-15(11-18)17-5-1-2-6-17/h12-15H,1-11H2. The van der Waals surface area contributed by atoms with Gasteiger partial charge in [-0.25, -0.2) is 0 Å². The molecule has 4 aliphatic rings. The quantitative estimate of drug-likeness (QED) is 0.778. The van der Waals surface area contributed by atoms with E-state index in [9.17, 15) is 4.79 Å². The normalized spacial score (nSPS) is 38.9. The van der Waals surface area contributed by atoms with Crippen LogP contribution in [0.1, 0.15) is 44.9 Å². The summed E-state index contributed by atoms with van der Waals surface area (Å²) in [5, 5.41) is 0. The molecule has 2 bridgehead atoms. The molecule has 2 heterocycles. The molecule has 2 aliphatic heterocycles. The van der Waals surface area contributed by atoms with Crippen molar-refractivity contribution in [1.82, 2.24) is 9.80 Å². The van der Waals surface area contributed by atoms with Crippen LogP contribution in [0.4, 0.5) is 0 Å². The van der Waals surface area contributed by atoms with Crippen molar-refractivity contribution in [3.63, 3.8) is 0 Å². The van der Waals surface area contributed by atoms with Crippen molar-refractivity contribution in [2.45, 2.75) is 51.0 Å². The number of carbonyl (C=O) groups is 1. The van der Waals surface area contributed by atoms with Crippen molar-refractivity contribution in [2.24, 2.45) is 17.8 Å². The summed E-state index contributed by atoms with van der Waals surface area (Å²) < 4.78 is 0. The lowest BCUT2D eigenvalue weighted by atomic mass is 9.86. The third-order valence-corrected chi connectivity index (χ3v) is 6.19. The van der Waals surface area contributed by atoms with Crippen molar-refractivity contribution in [2.75, 3.05) is 26.2 Å². The van der Waals surface area contributed by atoms with E-state index >= 15 is 0 Å². The summed E-state index contributed by atoms with van der Waals surface area (Å²) in [6.45, 7) is 4.55. The lowest BCUT2D eigenvalue weighted by Gasteiger charge is -2.44. The Balaban J connectivity index is 1.24. The first-order valence-corrected chi connectivity index (χ1v) is 8.31. The van der Waals surface area contributed by atoms with Crippen LogP contribution in [0.3, 0.4) is 0 Å². The van der Waals surface area contributed by atoms with E-state index < -0.39 is 0 Å². The highest BCUT2D eigenvalue weighted by Crippen LogP contribution is 2.49. The highest BCUT2D eigenvalue weighted by atomic mass is 16.2. The summed E-state index contributed by atoms with van der Waals surface area (Å²) >= 11 is 0. The Labute approximate surface area is 116 Å². The fraction of sp³-hybridized carbons (Fsp3) is 0.938. The lowest BCUT2D eigenvalue weighted by molar-refractivity contribution is -0.139. The average Bonchev–Trinajstić information content (AvgIpc) is 3.02. The van der Waals surface area contributed by atoms with E-state index in [1.54, 1.807) is 0 Å². The van der Waals surface area contributed by atoms with Gasteiger partial charge >= 0.3 is 0 Å². The van der Waals surface area contributed by atoms with Crippen LogP contribution in [0.5, 0.6) is 0 Å². The Morgan fingerprint density at radius 2 is 1.84 bits per heavy atom. The van der Waals surface area contributed by atoms with Crippen LogP contribution in [-0.4, -0.2) is 47.9 Å². The maximum Gasteiger partial charge on any atom is 0.222 e. The SMILES string of the molecule is O=C(CC1CC2CCC1C2)N1CC(N2CCCC2)C1. The van der Waals surface area contributed by atoms with Gasteiger partial charge in [-0.2, -0.15) is 0 Å². The first-order valence-electron chi connectivity index (χ1n) is 8.31. The maximum absolute atomic E-state index is 12.3. The molecule has 3 atom stereocenters. The van der Waals surface area contributed by atoms with Crippen LogP contribution < -0.4 is 0 Å². The van der Waals surface area contributed by atoms with Gasteiger partial charge in [-0.05, 0) is 62.9 Å². The molecule has 0 radical (unpaired) electrons. The maximum atomic E-state index is 12.3. The number of amides is 1. The smallest absolute Gasteiger partial charge is 0.222 e. The number of nitrogens with zero attached hydrogens (tertiary/aromatic N) is 2. The van der Waals surface area contributed by atoms with Crippen LogP contribution in [0.25, 0.3) is 0 Å². The van der Waals surface area contributed by atoms with Crippen LogP contribution in [0.2, 0.25) is 0 Å². The Morgan fingerprint density at radius 3 is 2.47 bits per heavy atom. The Bertz CT molecular complexity index is 358. The zero-order chi connectivity index (χ0) is 12.8. The molecule has 0 aromatic rings. The predicted octanol–water partition coefficient (Wildman–Crippen LogP) is 2.12. The number of hydrogen-bond donors (Lipinski definition) is 0. The van der Waals surface area contributed by atoms with Gasteiger partial charge in [0, 0.05) is 25.6 Å². The molecule has 0 spiro atoms. The third-order valence-electron chi connectivity index (χ3n) is 6.19. The van der Waals surface area contributed by atoms with E-state index in [1.165, 1.54) is 51.6 Å². The zero-order valence-corrected chi connectivity index (χ0v) is 11.9. The van der Waals surface area contributed by atoms with E-state index in [0.717, 1.165) is 37.3 Å². The second-order valence-electron chi connectivity index (χ2n) is 7.33. The number of rotatable bonds is 3. The second-order valence-corrected chi connectivity index (χ2v) is 7.33. The molecular weight excluding hydrogens is 236 g/mol. The van der Waals surface area contributed by atoms with Crippen molar-refractivity contribution in [3.05, 3.63) is 0 Å². The molecule has 2 aliphatic carbocycles. The molecule has 2 saturated carbocycles. The molecule has 106 valence electrons. The van der Waals surface area contributed by atoms with Gasteiger partial charge in [-0.1, -0.05) is 6.42 Å². The van der Waals surface area contributed by atoms with Gasteiger partial charge in [0.1, 0.15) is 0 Å². The fourth-order valence-corrected chi connectivity index (χ4v) is 4.98. The summed E-state index contributed by atoms with van der Waals surface area (Å²) in [6.07, 6.45) is 9.18. The van der Waals surface area contributed by atoms with Gasteiger partial charge in [0.05, 0.1) is 0 Å². The van der Waals surface area contributed by atoms with Crippen LogP contribution in [0, 0.1) is 17.8 Å². The second kappa shape index (κ2) is 4.76. The number of carbonyl (C=O) groups excluding carboxylic acids is 1. The van der Waals surface area contributed by atoms with E-state index in [0.29, 0.717) is 11.9 Å². The first kappa shape index (κ1) is 12.2. The minimum absolute atomic E-state index is 0.452. The molecule has 2 saturated heterocycles. The Hall–Kier alpha value is -0.570. The number of likely N-dealkylation sites (tertiary alicyclic amines) is 2. The average molecular weight is 262 g/mol. The molecule has 19 heavy (non-hydrogen) atoms. The molecular formula is C16H26N2O. The number of fused-ring (bicyclic) bond motifs is 2. The highest BCUT2D eigenvalue weighted by molar-refractivity contribution is 5.77. The monoisotopic (exact) mass is 262 g/mol. The molecule has 3 unspecified atom stereocenters. The topological polar surface area (TPSA) is 23.6 Å². The van der Waals surface area contributed by atoms with E-state index in [4.69, 9.17) is 0 Å².